The van der Waals surface area contributed by atoms with Crippen LogP contribution in [0.15, 0.2) is 48.5 Å². The zero-order chi connectivity index (χ0) is 23.3. The molecule has 2 aliphatic rings. The van der Waals surface area contributed by atoms with Crippen LogP contribution in [0.5, 0.6) is 0 Å². The van der Waals surface area contributed by atoms with Crippen LogP contribution >= 0.6 is 0 Å². The van der Waals surface area contributed by atoms with Crippen LogP contribution in [0.3, 0.4) is 0 Å². The Morgan fingerprint density at radius 3 is 2.62 bits per heavy atom. The molecular formula is C28H37N5O. The fraction of sp³-hybridized carbons (Fsp3) is 0.500. The van der Waals surface area contributed by atoms with Crippen molar-refractivity contribution in [1.82, 2.24) is 14.9 Å². The second-order valence-corrected chi connectivity index (χ2v) is 9.99. The molecule has 0 atom stereocenters. The van der Waals surface area contributed by atoms with Gasteiger partial charge in [-0.2, -0.15) is 0 Å². The highest BCUT2D eigenvalue weighted by Crippen LogP contribution is 2.28. The van der Waals surface area contributed by atoms with Crippen molar-refractivity contribution in [1.29, 1.82) is 0 Å². The molecule has 0 unspecified atom stereocenters. The summed E-state index contributed by atoms with van der Waals surface area (Å²) in [7, 11) is 2.11. The van der Waals surface area contributed by atoms with Crippen LogP contribution in [0.1, 0.15) is 50.8 Å². The van der Waals surface area contributed by atoms with E-state index in [1.807, 2.05) is 12.1 Å². The van der Waals surface area contributed by atoms with E-state index in [0.717, 1.165) is 55.9 Å². The van der Waals surface area contributed by atoms with Gasteiger partial charge < -0.3 is 20.1 Å². The summed E-state index contributed by atoms with van der Waals surface area (Å²) >= 11 is 0. The average Bonchev–Trinajstić information content (AvgIpc) is 3.48. The highest BCUT2D eigenvalue weighted by molar-refractivity contribution is 5.91. The van der Waals surface area contributed by atoms with E-state index < -0.39 is 0 Å². The van der Waals surface area contributed by atoms with Crippen molar-refractivity contribution in [2.24, 2.45) is 13.0 Å². The summed E-state index contributed by atoms with van der Waals surface area (Å²) in [5, 5.41) is 6.88. The number of amides is 1. The van der Waals surface area contributed by atoms with E-state index in [2.05, 4.69) is 63.5 Å². The van der Waals surface area contributed by atoms with Crippen LogP contribution in [0.25, 0.3) is 11.0 Å². The third-order valence-corrected chi connectivity index (χ3v) is 7.60. The molecule has 1 aromatic heterocycles. The Bertz CT molecular complexity index is 1110. The Morgan fingerprint density at radius 1 is 1.03 bits per heavy atom. The molecule has 6 nitrogen and oxygen atoms in total. The third-order valence-electron chi connectivity index (χ3n) is 7.60. The standard InChI is InChI=1S/C28H37N5O/c1-32-26-12-5-4-11-25(26)31-27(32)13-16-29-22-14-17-33(18-15-22)24-10-6-9-23(20-24)30-28(34)19-21-7-2-3-8-21/h4-6,9-12,20-22,29H,2-3,7-8,13-19H2,1H3,(H,30,34). The lowest BCUT2D eigenvalue weighted by Crippen LogP contribution is -2.43. The number of piperidine rings is 1. The van der Waals surface area contributed by atoms with Crippen molar-refractivity contribution in [3.8, 4) is 0 Å². The number of para-hydroxylation sites is 2. The Kier molecular flexibility index (Phi) is 7.14. The van der Waals surface area contributed by atoms with Gasteiger partial charge in [-0.3, -0.25) is 4.79 Å². The lowest BCUT2D eigenvalue weighted by Gasteiger charge is -2.34. The predicted octanol–water partition coefficient (Wildman–Crippen LogP) is 4.89. The van der Waals surface area contributed by atoms with Gasteiger partial charge in [0.1, 0.15) is 5.82 Å². The van der Waals surface area contributed by atoms with Gasteiger partial charge in [0.15, 0.2) is 0 Å². The summed E-state index contributed by atoms with van der Waals surface area (Å²) in [6.07, 6.45) is 8.81. The molecule has 1 amide bonds. The number of hydrogen-bond acceptors (Lipinski definition) is 4. The summed E-state index contributed by atoms with van der Waals surface area (Å²) in [6.45, 7) is 3.01. The van der Waals surface area contributed by atoms with Crippen molar-refractivity contribution in [3.63, 3.8) is 0 Å². The first-order valence-electron chi connectivity index (χ1n) is 12.9. The lowest BCUT2D eigenvalue weighted by atomic mass is 10.0. The van der Waals surface area contributed by atoms with Crippen molar-refractivity contribution in [2.75, 3.05) is 29.9 Å². The van der Waals surface area contributed by atoms with Crippen molar-refractivity contribution in [3.05, 3.63) is 54.4 Å². The third kappa shape index (κ3) is 5.44. The molecule has 2 aromatic carbocycles. The van der Waals surface area contributed by atoms with Crippen LogP contribution in [-0.4, -0.2) is 41.1 Å². The molecule has 1 saturated heterocycles. The first-order valence-corrected chi connectivity index (χ1v) is 12.9. The minimum Gasteiger partial charge on any atom is -0.371 e. The molecule has 2 heterocycles. The van der Waals surface area contributed by atoms with Gasteiger partial charge >= 0.3 is 0 Å². The van der Waals surface area contributed by atoms with Crippen LogP contribution in [0.2, 0.25) is 0 Å². The predicted molar refractivity (Wildman–Crippen MR) is 139 cm³/mol. The number of aromatic nitrogens is 2. The van der Waals surface area contributed by atoms with E-state index >= 15 is 0 Å². The highest BCUT2D eigenvalue weighted by Gasteiger charge is 2.21. The Morgan fingerprint density at radius 2 is 1.82 bits per heavy atom. The van der Waals surface area contributed by atoms with Crippen molar-refractivity contribution in [2.45, 2.75) is 57.4 Å². The number of fused-ring (bicyclic) bond motifs is 1. The van der Waals surface area contributed by atoms with Gasteiger partial charge in [0.2, 0.25) is 5.91 Å². The van der Waals surface area contributed by atoms with Crippen LogP contribution in [0.4, 0.5) is 11.4 Å². The van der Waals surface area contributed by atoms with E-state index in [9.17, 15) is 4.79 Å². The van der Waals surface area contributed by atoms with Gasteiger partial charge in [-0.15, -0.1) is 0 Å². The molecule has 0 bridgehead atoms. The lowest BCUT2D eigenvalue weighted by molar-refractivity contribution is -0.117. The van der Waals surface area contributed by atoms with Crippen LogP contribution in [0, 0.1) is 5.92 Å². The molecular weight excluding hydrogens is 422 g/mol. The van der Waals surface area contributed by atoms with Crippen LogP contribution < -0.4 is 15.5 Å². The maximum atomic E-state index is 12.4. The molecule has 1 aliphatic heterocycles. The molecule has 34 heavy (non-hydrogen) atoms. The minimum atomic E-state index is 0.160. The summed E-state index contributed by atoms with van der Waals surface area (Å²) in [6, 6.07) is 17.2. The molecule has 6 heteroatoms. The maximum absolute atomic E-state index is 12.4. The molecule has 1 aliphatic carbocycles. The topological polar surface area (TPSA) is 62.2 Å². The fourth-order valence-corrected chi connectivity index (χ4v) is 5.62. The normalized spacial score (nSPS) is 17.5. The first kappa shape index (κ1) is 22.9. The number of carbonyl (C=O) groups excluding carboxylic acids is 1. The van der Waals surface area contributed by atoms with Gasteiger partial charge in [0.25, 0.3) is 0 Å². The summed E-state index contributed by atoms with van der Waals surface area (Å²) in [4.78, 5) is 19.7. The largest absolute Gasteiger partial charge is 0.371 e. The molecule has 180 valence electrons. The second-order valence-electron chi connectivity index (χ2n) is 9.99. The molecule has 2 N–H and O–H groups in total. The number of imidazole rings is 1. The molecule has 2 fully saturated rings. The second kappa shape index (κ2) is 10.6. The van der Waals surface area contributed by atoms with E-state index in [0.29, 0.717) is 18.4 Å². The monoisotopic (exact) mass is 459 g/mol. The average molecular weight is 460 g/mol. The van der Waals surface area contributed by atoms with E-state index in [1.165, 1.54) is 36.9 Å². The number of aryl methyl sites for hydroxylation is 1. The van der Waals surface area contributed by atoms with E-state index in [1.54, 1.807) is 0 Å². The quantitative estimate of drug-likeness (QED) is 0.503. The van der Waals surface area contributed by atoms with Crippen LogP contribution in [-0.2, 0) is 18.3 Å². The maximum Gasteiger partial charge on any atom is 0.224 e. The number of anilines is 2. The van der Waals surface area contributed by atoms with Crippen molar-refractivity contribution < 1.29 is 4.79 Å². The zero-order valence-corrected chi connectivity index (χ0v) is 20.3. The summed E-state index contributed by atoms with van der Waals surface area (Å²) in [5.74, 6) is 1.87. The van der Waals surface area contributed by atoms with Gasteiger partial charge in [-0.1, -0.05) is 31.0 Å². The molecule has 5 rings (SSSR count). The number of hydrogen-bond donors (Lipinski definition) is 2. The SMILES string of the molecule is Cn1c(CCNC2CCN(c3cccc(NC(=O)CC4CCCC4)c3)CC2)nc2ccccc21. The molecule has 0 radical (unpaired) electrons. The summed E-state index contributed by atoms with van der Waals surface area (Å²) < 4.78 is 2.21. The van der Waals surface area contributed by atoms with Gasteiger partial charge in [-0.25, -0.2) is 4.98 Å². The number of rotatable bonds is 8. The fourth-order valence-electron chi connectivity index (χ4n) is 5.62. The Hall–Kier alpha value is -2.86. The van der Waals surface area contributed by atoms with Gasteiger partial charge in [0.05, 0.1) is 11.0 Å². The van der Waals surface area contributed by atoms with Gasteiger partial charge in [-0.05, 0) is 61.9 Å². The van der Waals surface area contributed by atoms with E-state index in [4.69, 9.17) is 4.98 Å². The van der Waals surface area contributed by atoms with Crippen molar-refractivity contribution >= 4 is 28.3 Å². The zero-order valence-electron chi connectivity index (χ0n) is 20.3. The number of nitrogens with zero attached hydrogens (tertiary/aromatic N) is 3. The number of nitrogens with one attached hydrogen (secondary N) is 2. The molecule has 3 aromatic rings. The van der Waals surface area contributed by atoms with E-state index in [-0.39, 0.29) is 5.91 Å². The highest BCUT2D eigenvalue weighted by atomic mass is 16.1. The number of carbonyl (C=O) groups is 1. The molecule has 1 saturated carbocycles. The number of benzene rings is 2. The first-order chi connectivity index (χ1) is 16.7. The van der Waals surface area contributed by atoms with Gasteiger partial charge in [0, 0.05) is 56.9 Å². The minimum absolute atomic E-state index is 0.160. The smallest absolute Gasteiger partial charge is 0.224 e. The summed E-state index contributed by atoms with van der Waals surface area (Å²) in [5.41, 5.74) is 4.40. The Labute approximate surface area is 202 Å². The molecule has 0 spiro atoms. The Balaban J connectivity index is 1.08.